The number of aromatic hydroxyl groups is 1. The van der Waals surface area contributed by atoms with Crippen molar-refractivity contribution in [2.45, 2.75) is 6.54 Å². The maximum absolute atomic E-state index is 13.0. The van der Waals surface area contributed by atoms with E-state index < -0.39 is 4.92 Å². The molecule has 8 heteroatoms. The molecule has 0 spiro atoms. The largest absolute Gasteiger partial charge is 0.507 e. The second kappa shape index (κ2) is 7.96. The van der Waals surface area contributed by atoms with E-state index in [1.807, 2.05) is 48.5 Å². The summed E-state index contributed by atoms with van der Waals surface area (Å²) in [5.74, 6) is -0.464. The van der Waals surface area contributed by atoms with E-state index in [1.165, 1.54) is 24.4 Å². The van der Waals surface area contributed by atoms with Crippen LogP contribution in [0.15, 0.2) is 83.0 Å². The highest BCUT2D eigenvalue weighted by Gasteiger charge is 2.33. The molecule has 8 nitrogen and oxygen atoms in total. The SMILES string of the molecule is O=C1/C(=N\N=C\c2cc([N+](=O)[O-])ccc2O)c2ccccc2N1Cc1ccccc1. The number of phenolic OH excluding ortho intramolecular Hbond substituents is 1. The Hall–Kier alpha value is -4.33. The number of rotatable bonds is 5. The highest BCUT2D eigenvalue weighted by atomic mass is 16.6. The molecule has 1 aliphatic heterocycles. The smallest absolute Gasteiger partial charge is 0.279 e. The average Bonchev–Trinajstić information content (AvgIpc) is 3.01. The van der Waals surface area contributed by atoms with Crippen LogP contribution in [0.2, 0.25) is 0 Å². The van der Waals surface area contributed by atoms with Gasteiger partial charge in [0.2, 0.25) is 0 Å². The zero-order chi connectivity index (χ0) is 21.1. The van der Waals surface area contributed by atoms with Gasteiger partial charge in [0.05, 0.1) is 23.4 Å². The van der Waals surface area contributed by atoms with Crippen molar-refractivity contribution in [2.75, 3.05) is 4.90 Å². The van der Waals surface area contributed by atoms with Crippen molar-refractivity contribution in [3.8, 4) is 5.75 Å². The fraction of sp³-hybridized carbons (Fsp3) is 0.0455. The van der Waals surface area contributed by atoms with E-state index in [2.05, 4.69) is 10.2 Å². The monoisotopic (exact) mass is 400 g/mol. The number of nitro groups is 1. The number of fused-ring (bicyclic) bond motifs is 1. The summed E-state index contributed by atoms with van der Waals surface area (Å²) in [6, 6.07) is 20.5. The number of hydrogen-bond acceptors (Lipinski definition) is 6. The number of para-hydroxylation sites is 1. The number of carbonyl (C=O) groups excluding carboxylic acids is 1. The van der Waals surface area contributed by atoms with Crippen molar-refractivity contribution >= 4 is 29.2 Å². The van der Waals surface area contributed by atoms with Gasteiger partial charge in [-0.15, -0.1) is 5.10 Å². The van der Waals surface area contributed by atoms with Crippen molar-refractivity contribution in [1.29, 1.82) is 0 Å². The molecule has 0 bridgehead atoms. The first kappa shape index (κ1) is 19.0. The van der Waals surface area contributed by atoms with Crippen LogP contribution < -0.4 is 4.90 Å². The minimum absolute atomic E-state index is 0.133. The average molecular weight is 400 g/mol. The fourth-order valence-corrected chi connectivity index (χ4v) is 3.19. The van der Waals surface area contributed by atoms with E-state index >= 15 is 0 Å². The molecular formula is C22H16N4O4. The predicted molar refractivity (Wildman–Crippen MR) is 113 cm³/mol. The van der Waals surface area contributed by atoms with Crippen LogP contribution in [0.5, 0.6) is 5.75 Å². The van der Waals surface area contributed by atoms with Gasteiger partial charge in [0.25, 0.3) is 11.6 Å². The van der Waals surface area contributed by atoms with Gasteiger partial charge in [-0.25, -0.2) is 0 Å². The minimum Gasteiger partial charge on any atom is -0.507 e. The van der Waals surface area contributed by atoms with E-state index in [-0.39, 0.29) is 28.6 Å². The van der Waals surface area contributed by atoms with Crippen LogP contribution >= 0.6 is 0 Å². The Bertz CT molecular complexity index is 1190. The maximum Gasteiger partial charge on any atom is 0.279 e. The normalized spacial score (nSPS) is 14.5. The molecule has 4 rings (SSSR count). The molecule has 1 aliphatic rings. The fourth-order valence-electron chi connectivity index (χ4n) is 3.19. The Morgan fingerprint density at radius 3 is 2.53 bits per heavy atom. The minimum atomic E-state index is -0.569. The van der Waals surface area contributed by atoms with Crippen molar-refractivity contribution in [1.82, 2.24) is 0 Å². The number of nitro benzene ring substituents is 1. The van der Waals surface area contributed by atoms with Crippen LogP contribution in [0.3, 0.4) is 0 Å². The third kappa shape index (κ3) is 3.66. The topological polar surface area (TPSA) is 108 Å². The standard InChI is InChI=1S/C22H16N4O4/c27-20-11-10-17(26(29)30)12-16(20)13-23-24-21-18-8-4-5-9-19(18)25(22(21)28)14-15-6-2-1-3-7-15/h1-13,27H,14H2/b23-13+,24-21-. The van der Waals surface area contributed by atoms with Crippen LogP contribution in [0, 0.1) is 10.1 Å². The van der Waals surface area contributed by atoms with Crippen LogP contribution in [0.25, 0.3) is 0 Å². The summed E-state index contributed by atoms with van der Waals surface area (Å²) >= 11 is 0. The number of phenols is 1. The van der Waals surface area contributed by atoms with Crippen molar-refractivity contribution in [3.05, 3.63) is 99.6 Å². The Labute approximate surface area is 171 Å². The second-order valence-corrected chi connectivity index (χ2v) is 6.59. The molecule has 30 heavy (non-hydrogen) atoms. The van der Waals surface area contributed by atoms with Crippen LogP contribution in [-0.4, -0.2) is 27.9 Å². The molecule has 3 aromatic carbocycles. The molecule has 3 aromatic rings. The lowest BCUT2D eigenvalue weighted by atomic mass is 10.1. The van der Waals surface area contributed by atoms with E-state index in [0.29, 0.717) is 12.1 Å². The maximum atomic E-state index is 13.0. The molecule has 1 N–H and O–H groups in total. The number of carbonyl (C=O) groups is 1. The van der Waals surface area contributed by atoms with E-state index in [9.17, 15) is 20.0 Å². The molecule has 0 saturated heterocycles. The Balaban J connectivity index is 1.65. The van der Waals surface area contributed by atoms with Crippen LogP contribution in [-0.2, 0) is 11.3 Å². The summed E-state index contributed by atoms with van der Waals surface area (Å²) in [6.07, 6.45) is 1.19. The van der Waals surface area contributed by atoms with E-state index in [0.717, 1.165) is 11.3 Å². The quantitative estimate of drug-likeness (QED) is 0.400. The Morgan fingerprint density at radius 1 is 1.03 bits per heavy atom. The zero-order valence-corrected chi connectivity index (χ0v) is 15.7. The zero-order valence-electron chi connectivity index (χ0n) is 15.7. The van der Waals surface area contributed by atoms with Gasteiger partial charge in [-0.1, -0.05) is 48.5 Å². The Morgan fingerprint density at radius 2 is 1.77 bits per heavy atom. The first-order chi connectivity index (χ1) is 14.5. The molecule has 1 heterocycles. The third-order valence-electron chi connectivity index (χ3n) is 4.66. The molecule has 0 radical (unpaired) electrons. The predicted octanol–water partition coefficient (Wildman–Crippen LogP) is 3.67. The summed E-state index contributed by atoms with van der Waals surface area (Å²) in [7, 11) is 0. The van der Waals surface area contributed by atoms with Gasteiger partial charge in [-0.3, -0.25) is 14.9 Å². The van der Waals surface area contributed by atoms with Gasteiger partial charge in [0.1, 0.15) is 5.75 Å². The lowest BCUT2D eigenvalue weighted by Crippen LogP contribution is -2.29. The number of benzene rings is 3. The van der Waals surface area contributed by atoms with E-state index in [1.54, 1.807) is 11.0 Å². The molecule has 0 atom stereocenters. The summed E-state index contributed by atoms with van der Waals surface area (Å²) in [5.41, 5.74) is 2.48. The Kier molecular flexibility index (Phi) is 5.04. The lowest BCUT2D eigenvalue weighted by molar-refractivity contribution is -0.384. The van der Waals surface area contributed by atoms with Crippen molar-refractivity contribution < 1.29 is 14.8 Å². The molecular weight excluding hydrogens is 384 g/mol. The molecule has 0 unspecified atom stereocenters. The van der Waals surface area contributed by atoms with Gasteiger partial charge in [0, 0.05) is 23.3 Å². The summed E-state index contributed by atoms with van der Waals surface area (Å²) in [6.45, 7) is 0.394. The summed E-state index contributed by atoms with van der Waals surface area (Å²) < 4.78 is 0. The molecule has 0 aliphatic carbocycles. The van der Waals surface area contributed by atoms with E-state index in [4.69, 9.17) is 0 Å². The molecule has 148 valence electrons. The van der Waals surface area contributed by atoms with Crippen molar-refractivity contribution in [2.24, 2.45) is 10.2 Å². The first-order valence-electron chi connectivity index (χ1n) is 9.08. The summed E-state index contributed by atoms with van der Waals surface area (Å²) in [4.78, 5) is 25.0. The molecule has 0 fully saturated rings. The highest BCUT2D eigenvalue weighted by molar-refractivity contribution is 6.54. The number of hydrogen-bond donors (Lipinski definition) is 1. The first-order valence-corrected chi connectivity index (χ1v) is 9.08. The van der Waals surface area contributed by atoms with Gasteiger partial charge < -0.3 is 10.0 Å². The molecule has 1 amide bonds. The number of amides is 1. The van der Waals surface area contributed by atoms with Crippen LogP contribution in [0.4, 0.5) is 11.4 Å². The third-order valence-corrected chi connectivity index (χ3v) is 4.66. The van der Waals surface area contributed by atoms with Crippen LogP contribution in [0.1, 0.15) is 16.7 Å². The number of nitrogens with zero attached hydrogens (tertiary/aromatic N) is 4. The number of anilines is 1. The van der Waals surface area contributed by atoms with Gasteiger partial charge in [-0.05, 0) is 17.7 Å². The van der Waals surface area contributed by atoms with Gasteiger partial charge >= 0.3 is 0 Å². The van der Waals surface area contributed by atoms with Crippen molar-refractivity contribution in [3.63, 3.8) is 0 Å². The molecule has 0 saturated carbocycles. The lowest BCUT2D eigenvalue weighted by Gasteiger charge is -2.16. The second-order valence-electron chi connectivity index (χ2n) is 6.59. The molecule has 0 aromatic heterocycles. The van der Waals surface area contributed by atoms with Gasteiger partial charge in [0.15, 0.2) is 5.71 Å². The summed E-state index contributed by atoms with van der Waals surface area (Å²) in [5, 5.41) is 28.8. The van der Waals surface area contributed by atoms with Gasteiger partial charge in [-0.2, -0.15) is 5.10 Å². The highest BCUT2D eigenvalue weighted by Crippen LogP contribution is 2.30. The number of non-ortho nitro benzene ring substituents is 1.